The van der Waals surface area contributed by atoms with Crippen molar-refractivity contribution in [2.24, 2.45) is 17.6 Å². The largest absolute Gasteiger partial charge is 0.494 e. The molecule has 0 saturated carbocycles. The SMILES string of the molecule is CC(C)(C)OC(=O)CC[C@@H](C(N)=O)N1Cc2cc(OCCCOCCCOc3ccc([C@@H]4c5ccc(OCc6ccccc6)cc5CC[C@@H]4C4C=CC=CC4)cc3)ccc2C1=O. The molecule has 10 nitrogen and oxygen atoms in total. The number of benzene rings is 4. The Morgan fingerprint density at radius 1 is 0.806 bits per heavy atom. The maximum Gasteiger partial charge on any atom is 0.306 e. The summed E-state index contributed by atoms with van der Waals surface area (Å²) in [7, 11) is 0. The number of hydrogen-bond donors (Lipinski definition) is 1. The van der Waals surface area contributed by atoms with Gasteiger partial charge < -0.3 is 34.3 Å². The van der Waals surface area contributed by atoms with Crippen LogP contribution in [0, 0.1) is 11.8 Å². The van der Waals surface area contributed by atoms with Crippen molar-refractivity contribution in [3.8, 4) is 17.2 Å². The summed E-state index contributed by atoms with van der Waals surface area (Å²) >= 11 is 0. The minimum absolute atomic E-state index is 0.0226. The molecule has 2 amide bonds. The van der Waals surface area contributed by atoms with Crippen LogP contribution < -0.4 is 19.9 Å². The van der Waals surface area contributed by atoms with Gasteiger partial charge in [0.25, 0.3) is 5.91 Å². The van der Waals surface area contributed by atoms with E-state index < -0.39 is 23.5 Å². The van der Waals surface area contributed by atoms with Gasteiger partial charge in [-0.15, -0.1) is 0 Å². The van der Waals surface area contributed by atoms with E-state index in [-0.39, 0.29) is 31.2 Å². The molecule has 0 aromatic heterocycles. The Bertz CT molecular complexity index is 2210. The Kier molecular flexibility index (Phi) is 14.8. The maximum atomic E-state index is 13.2. The first-order valence-electron chi connectivity index (χ1n) is 22.0. The monoisotopic (exact) mass is 840 g/mol. The predicted octanol–water partition coefficient (Wildman–Crippen LogP) is 9.28. The lowest BCUT2D eigenvalue weighted by Crippen LogP contribution is -2.45. The number of hydrogen-bond acceptors (Lipinski definition) is 8. The number of amides is 2. The van der Waals surface area contributed by atoms with Crippen LogP contribution in [0.15, 0.2) is 115 Å². The van der Waals surface area contributed by atoms with Crippen LogP contribution in [-0.2, 0) is 38.6 Å². The lowest BCUT2D eigenvalue weighted by Gasteiger charge is -2.38. The van der Waals surface area contributed by atoms with E-state index in [1.165, 1.54) is 21.6 Å². The molecule has 1 aliphatic heterocycles. The van der Waals surface area contributed by atoms with E-state index >= 15 is 0 Å². The van der Waals surface area contributed by atoms with Crippen LogP contribution in [0.25, 0.3) is 0 Å². The fraction of sp³-hybridized carbons (Fsp3) is 0.404. The standard InChI is InChI=1S/C52H60N2O8/c1-52(2,3)62-48(55)27-26-47(50(53)56)54-34-40-33-42(22-25-46(40)51(54)57)60-31-11-29-58-28-10-30-59-41-19-16-38(17-20-41)49-44(37-14-8-5-9-15-37)23-18-39-32-43(21-24-45(39)49)61-35-36-12-6-4-7-13-36/h4-9,12-14,16-17,19-22,24-25,32-33,37,44,47,49H,10-11,15,18,23,26-31,34-35H2,1-3H3,(H2,53,56)/t37?,44-,47+,49+/m1/s1. The van der Waals surface area contributed by atoms with Crippen molar-refractivity contribution in [2.75, 3.05) is 26.4 Å². The summed E-state index contributed by atoms with van der Waals surface area (Å²) in [5.74, 6) is 2.31. The van der Waals surface area contributed by atoms with Crippen LogP contribution in [0.4, 0.5) is 0 Å². The van der Waals surface area contributed by atoms with Gasteiger partial charge in [0.1, 0.15) is 35.5 Å². The topological polar surface area (TPSA) is 127 Å². The summed E-state index contributed by atoms with van der Waals surface area (Å²) in [5, 5.41) is 0. The van der Waals surface area contributed by atoms with Gasteiger partial charge in [-0.25, -0.2) is 0 Å². The van der Waals surface area contributed by atoms with Crippen molar-refractivity contribution in [1.82, 2.24) is 4.90 Å². The molecular weight excluding hydrogens is 781 g/mol. The van der Waals surface area contributed by atoms with E-state index in [2.05, 4.69) is 78.9 Å². The molecule has 4 atom stereocenters. The third-order valence-electron chi connectivity index (χ3n) is 11.7. The molecule has 0 radical (unpaired) electrons. The molecule has 3 aliphatic rings. The summed E-state index contributed by atoms with van der Waals surface area (Å²) in [6.45, 7) is 8.22. The highest BCUT2D eigenvalue weighted by Gasteiger charge is 2.37. The van der Waals surface area contributed by atoms with E-state index in [0.29, 0.717) is 62.6 Å². The number of rotatable bonds is 20. The van der Waals surface area contributed by atoms with Crippen molar-refractivity contribution < 1.29 is 38.1 Å². The first kappa shape index (κ1) is 44.2. The predicted molar refractivity (Wildman–Crippen MR) is 239 cm³/mol. The molecule has 0 fully saturated rings. The number of allylic oxidation sites excluding steroid dienone is 4. The summed E-state index contributed by atoms with van der Waals surface area (Å²) < 4.78 is 29.5. The molecule has 62 heavy (non-hydrogen) atoms. The number of fused-ring (bicyclic) bond motifs is 2. The highest BCUT2D eigenvalue weighted by Crippen LogP contribution is 2.47. The molecule has 0 spiro atoms. The Morgan fingerprint density at radius 3 is 2.21 bits per heavy atom. The molecular formula is C52H60N2O8. The highest BCUT2D eigenvalue weighted by atomic mass is 16.6. The summed E-state index contributed by atoms with van der Waals surface area (Å²) in [5.41, 5.74) is 11.5. The fourth-order valence-electron chi connectivity index (χ4n) is 8.79. The van der Waals surface area contributed by atoms with Gasteiger partial charge in [-0.2, -0.15) is 0 Å². The van der Waals surface area contributed by atoms with E-state index in [9.17, 15) is 14.4 Å². The minimum atomic E-state index is -0.920. The number of esters is 1. The maximum absolute atomic E-state index is 13.2. The molecule has 4 aromatic carbocycles. The van der Waals surface area contributed by atoms with Gasteiger partial charge in [0.2, 0.25) is 5.91 Å². The number of nitrogens with zero attached hydrogens (tertiary/aromatic N) is 1. The number of carbonyl (C=O) groups excluding carboxylic acids is 3. The molecule has 0 saturated heterocycles. The van der Waals surface area contributed by atoms with E-state index in [1.54, 1.807) is 32.9 Å². The zero-order valence-electron chi connectivity index (χ0n) is 36.3. The van der Waals surface area contributed by atoms with Crippen molar-refractivity contribution >= 4 is 17.8 Å². The van der Waals surface area contributed by atoms with Gasteiger partial charge >= 0.3 is 5.97 Å². The van der Waals surface area contributed by atoms with Gasteiger partial charge in [-0.1, -0.05) is 72.8 Å². The number of ether oxygens (including phenoxy) is 5. The van der Waals surface area contributed by atoms with Gasteiger partial charge in [0.05, 0.1) is 13.2 Å². The zero-order chi connectivity index (χ0) is 43.5. The van der Waals surface area contributed by atoms with Gasteiger partial charge in [-0.3, -0.25) is 14.4 Å². The molecule has 4 aromatic rings. The minimum Gasteiger partial charge on any atom is -0.494 e. The molecule has 2 N–H and O–H groups in total. The Morgan fingerprint density at radius 2 is 1.50 bits per heavy atom. The first-order chi connectivity index (χ1) is 30.0. The van der Waals surface area contributed by atoms with E-state index in [4.69, 9.17) is 29.4 Å². The normalized spacial score (nSPS) is 18.5. The van der Waals surface area contributed by atoms with Crippen LogP contribution in [0.3, 0.4) is 0 Å². The van der Waals surface area contributed by atoms with E-state index in [1.807, 2.05) is 24.3 Å². The van der Waals surface area contributed by atoms with Crippen molar-refractivity contribution in [3.05, 3.63) is 149 Å². The second kappa shape index (κ2) is 20.8. The second-order valence-corrected chi connectivity index (χ2v) is 17.4. The van der Waals surface area contributed by atoms with Crippen LogP contribution in [0.2, 0.25) is 0 Å². The third kappa shape index (κ3) is 11.7. The second-order valence-electron chi connectivity index (χ2n) is 17.4. The number of nitrogens with two attached hydrogens (primary N) is 1. The molecule has 1 unspecified atom stereocenters. The van der Waals surface area contributed by atoms with Crippen LogP contribution in [0.5, 0.6) is 17.2 Å². The Labute approximate surface area is 366 Å². The molecule has 2 aliphatic carbocycles. The molecule has 7 rings (SSSR count). The van der Waals surface area contributed by atoms with Crippen molar-refractivity contribution in [1.29, 1.82) is 0 Å². The summed E-state index contributed by atoms with van der Waals surface area (Å²) in [6, 6.07) is 30.0. The van der Waals surface area contributed by atoms with Crippen LogP contribution in [0.1, 0.15) is 103 Å². The lowest BCUT2D eigenvalue weighted by molar-refractivity contribution is -0.155. The highest BCUT2D eigenvalue weighted by molar-refractivity contribution is 6.01. The van der Waals surface area contributed by atoms with Crippen LogP contribution >= 0.6 is 0 Å². The van der Waals surface area contributed by atoms with Gasteiger partial charge in [0.15, 0.2) is 0 Å². The number of carbonyl (C=O) groups is 3. The number of aryl methyl sites for hydroxylation is 1. The number of primary amides is 1. The average Bonchev–Trinajstić information content (AvgIpc) is 3.59. The molecule has 326 valence electrons. The smallest absolute Gasteiger partial charge is 0.306 e. The van der Waals surface area contributed by atoms with E-state index in [0.717, 1.165) is 48.3 Å². The van der Waals surface area contributed by atoms with Crippen LogP contribution in [-0.4, -0.2) is 60.8 Å². The lowest BCUT2D eigenvalue weighted by atomic mass is 9.66. The third-order valence-corrected chi connectivity index (χ3v) is 11.7. The quantitative estimate of drug-likeness (QED) is 0.0690. The van der Waals surface area contributed by atoms with Crippen molar-refractivity contribution in [2.45, 2.75) is 96.4 Å². The van der Waals surface area contributed by atoms with Gasteiger partial charge in [0, 0.05) is 50.5 Å². The average molecular weight is 841 g/mol. The Hall–Kier alpha value is -5.87. The molecule has 10 heteroatoms. The summed E-state index contributed by atoms with van der Waals surface area (Å²) in [4.78, 5) is 39.2. The molecule has 0 bridgehead atoms. The van der Waals surface area contributed by atoms with Crippen molar-refractivity contribution in [3.63, 3.8) is 0 Å². The summed E-state index contributed by atoms with van der Waals surface area (Å²) in [6.07, 6.45) is 13.8. The zero-order valence-corrected chi connectivity index (χ0v) is 36.3. The fourth-order valence-corrected chi connectivity index (χ4v) is 8.79. The Balaban J connectivity index is 0.833. The first-order valence-corrected chi connectivity index (χ1v) is 22.0. The van der Waals surface area contributed by atoms with Gasteiger partial charge in [-0.05, 0) is 129 Å². The molecule has 1 heterocycles.